The van der Waals surface area contributed by atoms with Crippen molar-refractivity contribution in [3.05, 3.63) is 48.5 Å². The SMILES string of the molecule is OCCOc1ccccc1-c1nc2ccccc2[nH]1. The van der Waals surface area contributed by atoms with Crippen LogP contribution in [0.3, 0.4) is 0 Å². The molecular weight excluding hydrogens is 240 g/mol. The molecule has 3 rings (SSSR count). The van der Waals surface area contributed by atoms with Gasteiger partial charge in [-0.2, -0.15) is 0 Å². The number of hydrogen-bond acceptors (Lipinski definition) is 3. The van der Waals surface area contributed by atoms with Crippen LogP contribution in [0.2, 0.25) is 0 Å². The van der Waals surface area contributed by atoms with E-state index in [0.29, 0.717) is 0 Å². The minimum Gasteiger partial charge on any atom is -0.490 e. The fourth-order valence-corrected chi connectivity index (χ4v) is 2.02. The number of imidazole rings is 1. The molecule has 0 aliphatic carbocycles. The van der Waals surface area contributed by atoms with Gasteiger partial charge < -0.3 is 14.8 Å². The summed E-state index contributed by atoms with van der Waals surface area (Å²) >= 11 is 0. The second-order valence-electron chi connectivity index (χ2n) is 4.17. The molecule has 1 heterocycles. The van der Waals surface area contributed by atoms with Crippen molar-refractivity contribution >= 4 is 11.0 Å². The van der Waals surface area contributed by atoms with Crippen LogP contribution in [-0.2, 0) is 0 Å². The van der Waals surface area contributed by atoms with Crippen LogP contribution in [0.15, 0.2) is 48.5 Å². The molecule has 19 heavy (non-hydrogen) atoms. The predicted octanol–water partition coefficient (Wildman–Crippen LogP) is 2.60. The second-order valence-corrected chi connectivity index (χ2v) is 4.17. The van der Waals surface area contributed by atoms with Crippen molar-refractivity contribution in [3.8, 4) is 17.1 Å². The van der Waals surface area contributed by atoms with Crippen molar-refractivity contribution < 1.29 is 9.84 Å². The standard InChI is InChI=1S/C15H14N2O2/c18-9-10-19-14-8-4-1-5-11(14)15-16-12-6-2-3-7-13(12)17-15/h1-8,18H,9-10H2,(H,16,17). The summed E-state index contributed by atoms with van der Waals surface area (Å²) in [7, 11) is 0. The molecule has 1 aromatic heterocycles. The largest absolute Gasteiger partial charge is 0.490 e. The molecule has 96 valence electrons. The van der Waals surface area contributed by atoms with Crippen LogP contribution >= 0.6 is 0 Å². The van der Waals surface area contributed by atoms with Gasteiger partial charge in [0.15, 0.2) is 0 Å². The maximum Gasteiger partial charge on any atom is 0.142 e. The molecule has 0 aliphatic heterocycles. The summed E-state index contributed by atoms with van der Waals surface area (Å²) in [6, 6.07) is 15.5. The lowest BCUT2D eigenvalue weighted by molar-refractivity contribution is 0.202. The number of benzene rings is 2. The van der Waals surface area contributed by atoms with Gasteiger partial charge in [-0.15, -0.1) is 0 Å². The highest BCUT2D eigenvalue weighted by Gasteiger charge is 2.10. The van der Waals surface area contributed by atoms with Gasteiger partial charge in [-0.05, 0) is 24.3 Å². The van der Waals surface area contributed by atoms with E-state index in [0.717, 1.165) is 28.2 Å². The van der Waals surface area contributed by atoms with Crippen LogP contribution in [0.5, 0.6) is 5.75 Å². The second kappa shape index (κ2) is 5.12. The van der Waals surface area contributed by atoms with Crippen LogP contribution in [0.25, 0.3) is 22.4 Å². The Balaban J connectivity index is 2.05. The first-order chi connectivity index (χ1) is 9.38. The number of nitrogens with zero attached hydrogens (tertiary/aromatic N) is 1. The Morgan fingerprint density at radius 2 is 1.84 bits per heavy atom. The van der Waals surface area contributed by atoms with Gasteiger partial charge in [0.2, 0.25) is 0 Å². The molecule has 4 heteroatoms. The molecule has 0 saturated carbocycles. The Morgan fingerprint density at radius 3 is 2.68 bits per heavy atom. The number of nitrogens with one attached hydrogen (secondary N) is 1. The average Bonchev–Trinajstić information content (AvgIpc) is 2.89. The molecule has 0 bridgehead atoms. The number of rotatable bonds is 4. The van der Waals surface area contributed by atoms with Gasteiger partial charge in [0, 0.05) is 0 Å². The highest BCUT2D eigenvalue weighted by Crippen LogP contribution is 2.29. The number of aromatic amines is 1. The highest BCUT2D eigenvalue weighted by molar-refractivity contribution is 5.80. The molecule has 0 unspecified atom stereocenters. The van der Waals surface area contributed by atoms with Crippen LogP contribution in [0, 0.1) is 0 Å². The lowest BCUT2D eigenvalue weighted by Gasteiger charge is -2.08. The Labute approximate surface area is 110 Å². The van der Waals surface area contributed by atoms with E-state index in [1.54, 1.807) is 0 Å². The number of para-hydroxylation sites is 3. The minimum atomic E-state index is -0.00549. The first-order valence-electron chi connectivity index (χ1n) is 6.16. The van der Waals surface area contributed by atoms with Gasteiger partial charge in [0.05, 0.1) is 23.2 Å². The highest BCUT2D eigenvalue weighted by atomic mass is 16.5. The molecule has 0 atom stereocenters. The molecule has 0 spiro atoms. The zero-order valence-corrected chi connectivity index (χ0v) is 10.3. The predicted molar refractivity (Wildman–Crippen MR) is 74.1 cm³/mol. The summed E-state index contributed by atoms with van der Waals surface area (Å²) in [6.07, 6.45) is 0. The number of fused-ring (bicyclic) bond motifs is 1. The third kappa shape index (κ3) is 2.30. The van der Waals surface area contributed by atoms with Crippen molar-refractivity contribution in [3.63, 3.8) is 0 Å². The number of aliphatic hydroxyl groups is 1. The first kappa shape index (κ1) is 11.7. The molecule has 0 fully saturated rings. The van der Waals surface area contributed by atoms with Crippen LogP contribution in [0.4, 0.5) is 0 Å². The monoisotopic (exact) mass is 254 g/mol. The van der Waals surface area contributed by atoms with E-state index < -0.39 is 0 Å². The fourth-order valence-electron chi connectivity index (χ4n) is 2.02. The fraction of sp³-hybridized carbons (Fsp3) is 0.133. The number of hydrogen-bond donors (Lipinski definition) is 2. The van der Waals surface area contributed by atoms with E-state index in [1.165, 1.54) is 0 Å². The topological polar surface area (TPSA) is 58.1 Å². The van der Waals surface area contributed by atoms with Crippen molar-refractivity contribution in [2.45, 2.75) is 0 Å². The van der Waals surface area contributed by atoms with E-state index >= 15 is 0 Å². The van der Waals surface area contributed by atoms with Gasteiger partial charge in [-0.3, -0.25) is 0 Å². The Hall–Kier alpha value is -2.33. The lowest BCUT2D eigenvalue weighted by Crippen LogP contribution is -2.02. The van der Waals surface area contributed by atoms with Crippen molar-refractivity contribution in [2.24, 2.45) is 0 Å². The summed E-state index contributed by atoms with van der Waals surface area (Å²) < 4.78 is 5.53. The quantitative estimate of drug-likeness (QED) is 0.752. The van der Waals surface area contributed by atoms with E-state index in [2.05, 4.69) is 9.97 Å². The van der Waals surface area contributed by atoms with Crippen LogP contribution in [-0.4, -0.2) is 28.3 Å². The Morgan fingerprint density at radius 1 is 1.05 bits per heavy atom. The molecule has 0 aliphatic rings. The lowest BCUT2D eigenvalue weighted by atomic mass is 10.2. The summed E-state index contributed by atoms with van der Waals surface area (Å²) in [5, 5.41) is 8.85. The molecule has 0 radical (unpaired) electrons. The smallest absolute Gasteiger partial charge is 0.142 e. The van der Waals surface area contributed by atoms with E-state index in [-0.39, 0.29) is 13.2 Å². The molecule has 2 aromatic carbocycles. The van der Waals surface area contributed by atoms with Gasteiger partial charge in [-0.25, -0.2) is 4.98 Å². The molecular formula is C15H14N2O2. The van der Waals surface area contributed by atoms with Gasteiger partial charge in [0.1, 0.15) is 18.2 Å². The zero-order valence-electron chi connectivity index (χ0n) is 10.3. The van der Waals surface area contributed by atoms with Crippen molar-refractivity contribution in [1.82, 2.24) is 9.97 Å². The van der Waals surface area contributed by atoms with Gasteiger partial charge in [-0.1, -0.05) is 24.3 Å². The van der Waals surface area contributed by atoms with E-state index in [4.69, 9.17) is 9.84 Å². The first-order valence-corrected chi connectivity index (χ1v) is 6.16. The zero-order chi connectivity index (χ0) is 13.1. The molecule has 0 saturated heterocycles. The van der Waals surface area contributed by atoms with Crippen LogP contribution < -0.4 is 4.74 Å². The number of ether oxygens (including phenoxy) is 1. The van der Waals surface area contributed by atoms with E-state index in [9.17, 15) is 0 Å². The molecule has 4 nitrogen and oxygen atoms in total. The number of aromatic nitrogens is 2. The summed E-state index contributed by atoms with van der Waals surface area (Å²) in [5.74, 6) is 1.49. The third-order valence-electron chi connectivity index (χ3n) is 2.88. The minimum absolute atomic E-state index is 0.00549. The van der Waals surface area contributed by atoms with Crippen molar-refractivity contribution in [1.29, 1.82) is 0 Å². The van der Waals surface area contributed by atoms with Crippen LogP contribution in [0.1, 0.15) is 0 Å². The normalized spacial score (nSPS) is 10.8. The number of H-pyrrole nitrogens is 1. The van der Waals surface area contributed by atoms with Gasteiger partial charge >= 0.3 is 0 Å². The molecule has 3 aromatic rings. The van der Waals surface area contributed by atoms with E-state index in [1.807, 2.05) is 48.5 Å². The van der Waals surface area contributed by atoms with Crippen molar-refractivity contribution in [2.75, 3.05) is 13.2 Å². The van der Waals surface area contributed by atoms with Gasteiger partial charge in [0.25, 0.3) is 0 Å². The maximum atomic E-state index is 8.85. The summed E-state index contributed by atoms with van der Waals surface area (Å²) in [5.41, 5.74) is 2.82. The summed E-state index contributed by atoms with van der Waals surface area (Å²) in [4.78, 5) is 7.83. The molecule has 2 N–H and O–H groups in total. The number of aliphatic hydroxyl groups excluding tert-OH is 1. The third-order valence-corrected chi connectivity index (χ3v) is 2.88. The molecule has 0 amide bonds. The Kier molecular flexibility index (Phi) is 3.16. The average molecular weight is 254 g/mol. The Bertz CT molecular complexity index is 658. The maximum absolute atomic E-state index is 8.85. The summed E-state index contributed by atoms with van der Waals surface area (Å²) in [6.45, 7) is 0.270.